The first-order valence-corrected chi connectivity index (χ1v) is 9.28. The summed E-state index contributed by atoms with van der Waals surface area (Å²) in [6.07, 6.45) is 4.79. The summed E-state index contributed by atoms with van der Waals surface area (Å²) in [6.45, 7) is 0.548. The number of fused-ring (bicyclic) bond motifs is 1. The number of carbonyl (C=O) groups is 3. The van der Waals surface area contributed by atoms with Crippen molar-refractivity contribution in [2.45, 2.75) is 77.1 Å². The van der Waals surface area contributed by atoms with Crippen molar-refractivity contribution >= 4 is 29.7 Å². The topological polar surface area (TPSA) is 108 Å². The van der Waals surface area contributed by atoms with Crippen LogP contribution in [0.15, 0.2) is 0 Å². The molecule has 7 nitrogen and oxygen atoms in total. The molecule has 4 N–H and O–H groups in total. The van der Waals surface area contributed by atoms with E-state index < -0.39 is 5.97 Å². The number of rotatable bonds is 10. The van der Waals surface area contributed by atoms with Crippen LogP contribution >= 0.6 is 11.8 Å². The normalized spacial score (nSPS) is 23.5. The van der Waals surface area contributed by atoms with Crippen LogP contribution in [0.3, 0.4) is 0 Å². The van der Waals surface area contributed by atoms with Crippen LogP contribution in [0.25, 0.3) is 0 Å². The highest BCUT2D eigenvalue weighted by molar-refractivity contribution is 8.00. The average molecular weight is 376 g/mol. The van der Waals surface area contributed by atoms with Gasteiger partial charge in [-0.2, -0.15) is 11.8 Å². The van der Waals surface area contributed by atoms with Gasteiger partial charge in [-0.25, -0.2) is 4.79 Å². The monoisotopic (exact) mass is 375 g/mol. The Labute approximate surface area is 155 Å². The van der Waals surface area contributed by atoms with Crippen molar-refractivity contribution in [1.82, 2.24) is 16.0 Å². The maximum Gasteiger partial charge on any atom is 0.315 e. The molecule has 2 rings (SSSR count). The van der Waals surface area contributed by atoms with E-state index in [0.29, 0.717) is 31.1 Å². The predicted octanol–water partition coefficient (Wildman–Crippen LogP) is 2.36. The average Bonchev–Trinajstić information content (AvgIpc) is 3.02. The second kappa shape index (κ2) is 12.0. The van der Waals surface area contributed by atoms with E-state index in [9.17, 15) is 14.4 Å². The summed E-state index contributed by atoms with van der Waals surface area (Å²) in [7, 11) is 0. The summed E-state index contributed by atoms with van der Waals surface area (Å²) in [5, 5.41) is 17.7. The number of carboxylic acids is 1. The van der Waals surface area contributed by atoms with E-state index in [1.807, 2.05) is 11.8 Å². The molecule has 0 aromatic rings. The standard InChI is InChI=1S/C15H25N3O4S.2CH4/c19-12(16-8-4-3-7-13(20)21)6-2-1-5-11-14-10(9-23-11)17-15(22)18-14;;/h10-11,14H,1-9H2,(H,16,19)(H,20,21)(H2,17,18,22);2*1H4. The zero-order chi connectivity index (χ0) is 16.7. The molecule has 3 amide bonds. The largest absolute Gasteiger partial charge is 0.481 e. The summed E-state index contributed by atoms with van der Waals surface area (Å²) in [5.41, 5.74) is 0. The second-order valence-corrected chi connectivity index (χ2v) is 7.34. The van der Waals surface area contributed by atoms with Crippen LogP contribution in [0.4, 0.5) is 4.79 Å². The second-order valence-electron chi connectivity index (χ2n) is 6.07. The number of hydrogen-bond donors (Lipinski definition) is 4. The van der Waals surface area contributed by atoms with Crippen LogP contribution in [0.2, 0.25) is 0 Å². The van der Waals surface area contributed by atoms with Gasteiger partial charge in [0.1, 0.15) is 0 Å². The van der Waals surface area contributed by atoms with Gasteiger partial charge in [0.05, 0.1) is 12.1 Å². The molecule has 0 radical (unpaired) electrons. The highest BCUT2D eigenvalue weighted by atomic mass is 32.2. The minimum absolute atomic E-state index is 0. The van der Waals surface area contributed by atoms with Crippen molar-refractivity contribution in [2.24, 2.45) is 0 Å². The fraction of sp³-hybridized carbons (Fsp3) is 0.824. The number of amides is 3. The fourth-order valence-corrected chi connectivity index (χ4v) is 4.54. The Balaban J connectivity index is 0.00000288. The van der Waals surface area contributed by atoms with E-state index in [2.05, 4.69) is 16.0 Å². The first-order valence-electron chi connectivity index (χ1n) is 8.23. The van der Waals surface area contributed by atoms with Crippen LogP contribution in [-0.4, -0.2) is 52.6 Å². The maximum atomic E-state index is 11.7. The Morgan fingerprint density at radius 3 is 2.56 bits per heavy atom. The molecule has 2 aliphatic heterocycles. The number of thioether (sulfide) groups is 1. The molecule has 2 fully saturated rings. The van der Waals surface area contributed by atoms with Crippen molar-refractivity contribution in [2.75, 3.05) is 12.3 Å². The SMILES string of the molecule is C.C.O=C(O)CCCCNC(=O)CCCCC1SCC2NC(=O)NC21. The lowest BCUT2D eigenvalue weighted by Crippen LogP contribution is -2.36. The number of urea groups is 1. The zero-order valence-corrected chi connectivity index (χ0v) is 14.0. The van der Waals surface area contributed by atoms with Gasteiger partial charge in [0.2, 0.25) is 5.91 Å². The van der Waals surface area contributed by atoms with Crippen LogP contribution in [0.1, 0.15) is 59.8 Å². The first-order chi connectivity index (χ1) is 11.1. The zero-order valence-electron chi connectivity index (χ0n) is 13.2. The molecule has 25 heavy (non-hydrogen) atoms. The smallest absolute Gasteiger partial charge is 0.315 e. The van der Waals surface area contributed by atoms with Crippen LogP contribution in [-0.2, 0) is 9.59 Å². The van der Waals surface area contributed by atoms with Crippen molar-refractivity contribution in [3.8, 4) is 0 Å². The molecule has 3 atom stereocenters. The van der Waals surface area contributed by atoms with Crippen molar-refractivity contribution in [3.05, 3.63) is 0 Å². The molecule has 8 heteroatoms. The van der Waals surface area contributed by atoms with Gasteiger partial charge in [-0.3, -0.25) is 9.59 Å². The third-order valence-electron chi connectivity index (χ3n) is 4.22. The van der Waals surface area contributed by atoms with Crippen molar-refractivity contribution in [1.29, 1.82) is 0 Å². The number of carboxylic acid groups (broad SMARTS) is 1. The van der Waals surface area contributed by atoms with Gasteiger partial charge in [0.25, 0.3) is 0 Å². The number of aliphatic carboxylic acids is 1. The maximum absolute atomic E-state index is 11.7. The van der Waals surface area contributed by atoms with E-state index >= 15 is 0 Å². The molecule has 2 saturated heterocycles. The molecule has 146 valence electrons. The van der Waals surface area contributed by atoms with Gasteiger partial charge in [-0.1, -0.05) is 21.3 Å². The molecular formula is C17H33N3O4S. The molecular weight excluding hydrogens is 342 g/mol. The third kappa shape index (κ3) is 7.98. The molecule has 0 aromatic carbocycles. The summed E-state index contributed by atoms with van der Waals surface area (Å²) >= 11 is 1.89. The predicted molar refractivity (Wildman–Crippen MR) is 102 cm³/mol. The molecule has 0 spiro atoms. The van der Waals surface area contributed by atoms with Gasteiger partial charge < -0.3 is 21.1 Å². The van der Waals surface area contributed by atoms with E-state index in [1.54, 1.807) is 0 Å². The molecule has 0 bridgehead atoms. The highest BCUT2D eigenvalue weighted by Gasteiger charge is 2.42. The van der Waals surface area contributed by atoms with E-state index in [-0.39, 0.29) is 45.3 Å². The Kier molecular flexibility index (Phi) is 11.3. The van der Waals surface area contributed by atoms with Gasteiger partial charge >= 0.3 is 12.0 Å². The molecule has 0 aliphatic carbocycles. The lowest BCUT2D eigenvalue weighted by Gasteiger charge is -2.16. The molecule has 2 heterocycles. The Morgan fingerprint density at radius 2 is 1.84 bits per heavy atom. The molecule has 2 aliphatic rings. The summed E-state index contributed by atoms with van der Waals surface area (Å²) in [5.74, 6) is 0.204. The van der Waals surface area contributed by atoms with Gasteiger partial charge in [0.15, 0.2) is 0 Å². The highest BCUT2D eigenvalue weighted by Crippen LogP contribution is 2.33. The summed E-state index contributed by atoms with van der Waals surface area (Å²) < 4.78 is 0. The van der Waals surface area contributed by atoms with E-state index in [4.69, 9.17) is 5.11 Å². The summed E-state index contributed by atoms with van der Waals surface area (Å²) in [6, 6.07) is 0.426. The van der Waals surface area contributed by atoms with Gasteiger partial charge in [-0.05, 0) is 25.7 Å². The number of nitrogens with one attached hydrogen (secondary N) is 3. The third-order valence-corrected chi connectivity index (χ3v) is 5.73. The Hall–Kier alpha value is -1.44. The number of unbranched alkanes of at least 4 members (excludes halogenated alkanes) is 2. The lowest BCUT2D eigenvalue weighted by molar-refractivity contribution is -0.137. The van der Waals surface area contributed by atoms with Gasteiger partial charge in [0, 0.05) is 30.4 Å². The molecule has 0 saturated carbocycles. The Bertz CT molecular complexity index is 448. The quantitative estimate of drug-likeness (QED) is 0.346. The molecule has 0 aromatic heterocycles. The molecule has 3 unspecified atom stereocenters. The van der Waals surface area contributed by atoms with Crippen LogP contribution < -0.4 is 16.0 Å². The van der Waals surface area contributed by atoms with E-state index in [0.717, 1.165) is 25.0 Å². The van der Waals surface area contributed by atoms with Gasteiger partial charge in [-0.15, -0.1) is 0 Å². The number of carbonyl (C=O) groups excluding carboxylic acids is 2. The minimum atomic E-state index is -0.794. The minimum Gasteiger partial charge on any atom is -0.481 e. The number of hydrogen-bond acceptors (Lipinski definition) is 4. The first kappa shape index (κ1) is 23.6. The Morgan fingerprint density at radius 1 is 1.12 bits per heavy atom. The van der Waals surface area contributed by atoms with Crippen molar-refractivity contribution < 1.29 is 19.5 Å². The van der Waals surface area contributed by atoms with Crippen molar-refractivity contribution in [3.63, 3.8) is 0 Å². The lowest BCUT2D eigenvalue weighted by atomic mass is 10.0. The van der Waals surface area contributed by atoms with Crippen LogP contribution in [0, 0.1) is 0 Å². The fourth-order valence-electron chi connectivity index (χ4n) is 2.99. The van der Waals surface area contributed by atoms with Crippen LogP contribution in [0.5, 0.6) is 0 Å². The van der Waals surface area contributed by atoms with E-state index in [1.165, 1.54) is 0 Å². The summed E-state index contributed by atoms with van der Waals surface area (Å²) in [4.78, 5) is 33.3.